The van der Waals surface area contributed by atoms with E-state index in [-0.39, 0.29) is 0 Å². The van der Waals surface area contributed by atoms with Crippen LogP contribution in [0.15, 0.2) is 243 Å². The summed E-state index contributed by atoms with van der Waals surface area (Å²) in [7, 11) is 0. The van der Waals surface area contributed by atoms with Gasteiger partial charge in [-0.15, -0.1) is 11.3 Å². The smallest absolute Gasteiger partial charge is 0.0727 e. The Balaban J connectivity index is 1.06. The average Bonchev–Trinajstić information content (AvgIpc) is 4.00. The highest BCUT2D eigenvalue weighted by Gasteiger charge is 2.52. The van der Waals surface area contributed by atoms with Gasteiger partial charge in [0.1, 0.15) is 0 Å². The van der Waals surface area contributed by atoms with Gasteiger partial charge in [-0.05, 0) is 117 Å². The summed E-state index contributed by atoms with van der Waals surface area (Å²) >= 11 is 1.88. The maximum absolute atomic E-state index is 2.50. The number of hydrogen-bond donors (Lipinski definition) is 0. The van der Waals surface area contributed by atoms with E-state index in [1.807, 2.05) is 11.3 Å². The fourth-order valence-corrected chi connectivity index (χ4v) is 12.0. The molecule has 2 aliphatic carbocycles. The molecule has 11 aromatic rings. The monoisotopic (exact) mass is 832 g/mol. The lowest BCUT2D eigenvalue weighted by Crippen LogP contribution is -2.26. The molecule has 10 aromatic carbocycles. The van der Waals surface area contributed by atoms with Gasteiger partial charge in [-0.2, -0.15) is 0 Å². The van der Waals surface area contributed by atoms with E-state index in [0.29, 0.717) is 0 Å². The third-order valence-electron chi connectivity index (χ3n) is 13.5. The standard InChI is InChI=1S/C61H40N2S/c1-4-18-41(19-5-1)42-34-36-45(37-35-42)62(43-20-6-2-7-21-43)56-31-17-30-54-59(56)51-26-11-14-29-53(51)61(54)52-28-13-10-24-47(52)48-39-38-46(40-55(48)61)63(44-22-8-3-9-23-44)57-32-16-27-50-49-25-12-15-33-58(49)64-60(50)57/h1-40H. The molecule has 0 bridgehead atoms. The van der Waals surface area contributed by atoms with Crippen LogP contribution >= 0.6 is 11.3 Å². The Kier molecular flexibility index (Phi) is 8.34. The predicted molar refractivity (Wildman–Crippen MR) is 270 cm³/mol. The number of hydrogen-bond acceptors (Lipinski definition) is 3. The van der Waals surface area contributed by atoms with Crippen LogP contribution in [0.4, 0.5) is 34.1 Å². The first kappa shape index (κ1) is 36.7. The fourth-order valence-electron chi connectivity index (χ4n) is 10.8. The van der Waals surface area contributed by atoms with Crippen LogP contribution in [-0.2, 0) is 5.41 Å². The van der Waals surface area contributed by atoms with Crippen molar-refractivity contribution < 1.29 is 0 Å². The van der Waals surface area contributed by atoms with Crippen LogP contribution < -0.4 is 9.80 Å². The number of anilines is 6. The topological polar surface area (TPSA) is 6.48 Å². The summed E-state index contributed by atoms with van der Waals surface area (Å²) in [6.45, 7) is 0. The van der Waals surface area contributed by atoms with Crippen molar-refractivity contribution in [3.8, 4) is 33.4 Å². The van der Waals surface area contributed by atoms with E-state index in [1.54, 1.807) is 0 Å². The third-order valence-corrected chi connectivity index (χ3v) is 14.7. The van der Waals surface area contributed by atoms with Gasteiger partial charge in [-0.25, -0.2) is 0 Å². The van der Waals surface area contributed by atoms with E-state index in [1.165, 1.54) is 81.5 Å². The molecule has 1 unspecified atom stereocenters. The maximum atomic E-state index is 2.50. The third kappa shape index (κ3) is 5.38. The molecule has 0 N–H and O–H groups in total. The summed E-state index contributed by atoms with van der Waals surface area (Å²) in [6.07, 6.45) is 0. The molecule has 0 amide bonds. The van der Waals surface area contributed by atoms with E-state index in [9.17, 15) is 0 Å². The Labute approximate surface area is 377 Å². The van der Waals surface area contributed by atoms with Crippen LogP contribution in [0.3, 0.4) is 0 Å². The van der Waals surface area contributed by atoms with Crippen molar-refractivity contribution in [2.24, 2.45) is 0 Å². The van der Waals surface area contributed by atoms with Gasteiger partial charge in [-0.1, -0.05) is 176 Å². The van der Waals surface area contributed by atoms with Crippen LogP contribution in [0.2, 0.25) is 0 Å². The molecular formula is C61H40N2S. The molecule has 0 radical (unpaired) electrons. The summed E-state index contributed by atoms with van der Waals surface area (Å²) in [5.41, 5.74) is 19.0. The lowest BCUT2D eigenvalue weighted by Gasteiger charge is -2.33. The zero-order valence-corrected chi connectivity index (χ0v) is 35.7. The van der Waals surface area contributed by atoms with Crippen molar-refractivity contribution in [1.29, 1.82) is 0 Å². The molecule has 0 saturated heterocycles. The lowest BCUT2D eigenvalue weighted by atomic mass is 9.70. The van der Waals surface area contributed by atoms with Gasteiger partial charge in [0, 0.05) is 43.8 Å². The Morgan fingerprint density at radius 3 is 1.56 bits per heavy atom. The van der Waals surface area contributed by atoms with Crippen LogP contribution in [-0.4, -0.2) is 0 Å². The molecular weight excluding hydrogens is 793 g/mol. The van der Waals surface area contributed by atoms with Crippen LogP contribution in [0.25, 0.3) is 53.6 Å². The average molecular weight is 833 g/mol. The molecule has 13 rings (SSSR count). The minimum atomic E-state index is -0.560. The molecule has 0 aliphatic heterocycles. The van der Waals surface area contributed by atoms with Crippen molar-refractivity contribution in [3.63, 3.8) is 0 Å². The first-order chi connectivity index (χ1) is 31.8. The first-order valence-electron chi connectivity index (χ1n) is 22.0. The van der Waals surface area contributed by atoms with Crippen molar-refractivity contribution in [3.05, 3.63) is 265 Å². The zero-order valence-electron chi connectivity index (χ0n) is 34.9. The molecule has 1 aromatic heterocycles. The maximum Gasteiger partial charge on any atom is 0.0727 e. The fraction of sp³-hybridized carbons (Fsp3) is 0.0164. The molecule has 0 fully saturated rings. The van der Waals surface area contributed by atoms with E-state index in [0.717, 1.165) is 28.4 Å². The van der Waals surface area contributed by atoms with Crippen molar-refractivity contribution in [1.82, 2.24) is 0 Å². The molecule has 2 aliphatic rings. The van der Waals surface area contributed by atoms with Gasteiger partial charge in [0.05, 0.1) is 21.5 Å². The highest BCUT2D eigenvalue weighted by Crippen LogP contribution is 2.65. The number of thiophene rings is 1. The van der Waals surface area contributed by atoms with Crippen molar-refractivity contribution in [2.45, 2.75) is 5.41 Å². The summed E-state index contributed by atoms with van der Waals surface area (Å²) < 4.78 is 2.58. The predicted octanol–water partition coefficient (Wildman–Crippen LogP) is 17.0. The molecule has 1 spiro atoms. The highest BCUT2D eigenvalue weighted by atomic mass is 32.1. The number of rotatable bonds is 7. The van der Waals surface area contributed by atoms with Gasteiger partial charge < -0.3 is 9.80 Å². The Hall–Kier alpha value is -7.98. The van der Waals surface area contributed by atoms with Gasteiger partial charge in [0.2, 0.25) is 0 Å². The molecule has 0 saturated carbocycles. The van der Waals surface area contributed by atoms with Crippen molar-refractivity contribution in [2.75, 3.05) is 9.80 Å². The normalized spacial score (nSPS) is 14.3. The Morgan fingerprint density at radius 2 is 0.812 bits per heavy atom. The summed E-state index contributed by atoms with van der Waals surface area (Å²) in [5, 5.41) is 2.58. The Bertz CT molecular complexity index is 3560. The minimum Gasteiger partial charge on any atom is -0.310 e. The van der Waals surface area contributed by atoms with Gasteiger partial charge in [-0.3, -0.25) is 0 Å². The van der Waals surface area contributed by atoms with Crippen LogP contribution in [0.5, 0.6) is 0 Å². The molecule has 1 heterocycles. The SMILES string of the molecule is c1ccc(-c2ccc(N(c3ccccc3)c3cccc4c3-c3ccccc3C43c4ccccc4-c4ccc(N(c5ccccc5)c5cccc6c5sc5ccccc56)cc43)cc2)cc1. The summed E-state index contributed by atoms with van der Waals surface area (Å²) in [6, 6.07) is 89.5. The molecule has 3 heteroatoms. The van der Waals surface area contributed by atoms with Crippen LogP contribution in [0.1, 0.15) is 22.3 Å². The largest absolute Gasteiger partial charge is 0.310 e. The number of nitrogens with zero attached hydrogens (tertiary/aromatic N) is 2. The number of fused-ring (bicyclic) bond motifs is 13. The molecule has 300 valence electrons. The molecule has 1 atom stereocenters. The summed E-state index contributed by atoms with van der Waals surface area (Å²) in [4.78, 5) is 4.92. The number of benzene rings is 10. The second-order valence-corrected chi connectivity index (χ2v) is 17.8. The summed E-state index contributed by atoms with van der Waals surface area (Å²) in [5.74, 6) is 0. The van der Waals surface area contributed by atoms with E-state index in [2.05, 4.69) is 252 Å². The molecule has 2 nitrogen and oxygen atoms in total. The highest BCUT2D eigenvalue weighted by molar-refractivity contribution is 7.26. The minimum absolute atomic E-state index is 0.560. The number of para-hydroxylation sites is 2. The van der Waals surface area contributed by atoms with Gasteiger partial charge in [0.15, 0.2) is 0 Å². The van der Waals surface area contributed by atoms with Crippen molar-refractivity contribution >= 4 is 65.6 Å². The van der Waals surface area contributed by atoms with E-state index in [4.69, 9.17) is 0 Å². The zero-order chi connectivity index (χ0) is 42.2. The Morgan fingerprint density at radius 1 is 0.312 bits per heavy atom. The molecule has 64 heavy (non-hydrogen) atoms. The second kappa shape index (κ2) is 14.6. The van der Waals surface area contributed by atoms with Crippen LogP contribution in [0, 0.1) is 0 Å². The quantitative estimate of drug-likeness (QED) is 0.158. The first-order valence-corrected chi connectivity index (χ1v) is 22.8. The van der Waals surface area contributed by atoms with Gasteiger partial charge >= 0.3 is 0 Å². The van der Waals surface area contributed by atoms with Gasteiger partial charge in [0.25, 0.3) is 0 Å². The second-order valence-electron chi connectivity index (χ2n) is 16.8. The van der Waals surface area contributed by atoms with E-state index < -0.39 is 5.41 Å². The van der Waals surface area contributed by atoms with E-state index >= 15 is 0 Å². The lowest BCUT2D eigenvalue weighted by molar-refractivity contribution is 0.793.